The van der Waals surface area contributed by atoms with Crippen LogP contribution in [0, 0.1) is 6.92 Å². The molecule has 7 nitrogen and oxygen atoms in total. The van der Waals surface area contributed by atoms with Crippen molar-refractivity contribution in [3.63, 3.8) is 0 Å². The number of carbonyl (C=O) groups excluding carboxylic acids is 1. The number of amides is 1. The summed E-state index contributed by atoms with van der Waals surface area (Å²) in [5, 5.41) is 11.7. The number of hydrogen-bond acceptors (Lipinski definition) is 6. The van der Waals surface area contributed by atoms with Gasteiger partial charge < -0.3 is 0 Å². The van der Waals surface area contributed by atoms with Crippen molar-refractivity contribution in [2.75, 3.05) is 18.1 Å². The van der Waals surface area contributed by atoms with Crippen LogP contribution in [-0.4, -0.2) is 41.6 Å². The van der Waals surface area contributed by atoms with Gasteiger partial charge in [-0.1, -0.05) is 71.5 Å². The molecule has 3 aromatic rings. The number of carbonyl (C=O) groups is 1. The Morgan fingerprint density at radius 1 is 1.07 bits per heavy atom. The summed E-state index contributed by atoms with van der Waals surface area (Å²) in [6.45, 7) is 1.78. The summed E-state index contributed by atoms with van der Waals surface area (Å²) in [5.74, 6) is -0.465. The van der Waals surface area contributed by atoms with Gasteiger partial charge in [0.2, 0.25) is 21.1 Å². The lowest BCUT2D eigenvalue weighted by atomic mass is 10.1. The summed E-state index contributed by atoms with van der Waals surface area (Å²) in [6.07, 6.45) is 1.09. The molecule has 0 radical (unpaired) electrons. The molecule has 2 aromatic carbocycles. The van der Waals surface area contributed by atoms with Crippen molar-refractivity contribution in [1.82, 2.24) is 14.5 Å². The van der Waals surface area contributed by atoms with Gasteiger partial charge >= 0.3 is 0 Å². The second-order valence-electron chi connectivity index (χ2n) is 6.34. The van der Waals surface area contributed by atoms with Crippen molar-refractivity contribution in [2.45, 2.75) is 13.5 Å². The van der Waals surface area contributed by atoms with E-state index in [4.69, 9.17) is 0 Å². The fraction of sp³-hybridized carbons (Fsp3) is 0.211. The van der Waals surface area contributed by atoms with Crippen molar-refractivity contribution in [3.05, 3.63) is 65.7 Å². The molecule has 28 heavy (non-hydrogen) atoms. The third-order valence-corrected chi connectivity index (χ3v) is 6.04. The SMILES string of the molecule is Cc1ccc(CN(CC(=O)Nc2nnc(-c3ccccc3)s2)S(C)(=O)=O)cc1. The molecule has 0 fully saturated rings. The zero-order valence-electron chi connectivity index (χ0n) is 15.5. The van der Waals surface area contributed by atoms with E-state index < -0.39 is 15.9 Å². The first-order chi connectivity index (χ1) is 13.3. The fourth-order valence-electron chi connectivity index (χ4n) is 2.48. The van der Waals surface area contributed by atoms with Crippen LogP contribution in [0.25, 0.3) is 10.6 Å². The largest absolute Gasteiger partial charge is 0.299 e. The Bertz CT molecular complexity index is 1050. The first kappa shape index (κ1) is 20.1. The topological polar surface area (TPSA) is 92.3 Å². The Labute approximate surface area is 168 Å². The second-order valence-corrected chi connectivity index (χ2v) is 9.30. The molecule has 0 saturated carbocycles. The predicted molar refractivity (Wildman–Crippen MR) is 110 cm³/mol. The van der Waals surface area contributed by atoms with Gasteiger partial charge in [-0.2, -0.15) is 4.31 Å². The summed E-state index contributed by atoms with van der Waals surface area (Å²) in [4.78, 5) is 12.4. The number of aryl methyl sites for hydroxylation is 1. The van der Waals surface area contributed by atoms with Gasteiger partial charge in [0.25, 0.3) is 0 Å². The van der Waals surface area contributed by atoms with Gasteiger partial charge in [-0.15, -0.1) is 10.2 Å². The number of aromatic nitrogens is 2. The lowest BCUT2D eigenvalue weighted by molar-refractivity contribution is -0.116. The van der Waals surface area contributed by atoms with E-state index in [-0.39, 0.29) is 13.1 Å². The van der Waals surface area contributed by atoms with Crippen molar-refractivity contribution < 1.29 is 13.2 Å². The molecule has 0 aliphatic carbocycles. The summed E-state index contributed by atoms with van der Waals surface area (Å²) in [5.41, 5.74) is 2.79. The van der Waals surface area contributed by atoms with Crippen molar-refractivity contribution >= 4 is 32.4 Å². The summed E-state index contributed by atoms with van der Waals surface area (Å²) < 4.78 is 25.3. The summed E-state index contributed by atoms with van der Waals surface area (Å²) >= 11 is 1.23. The first-order valence-corrected chi connectivity index (χ1v) is 11.2. The number of nitrogens with zero attached hydrogens (tertiary/aromatic N) is 3. The van der Waals surface area contributed by atoms with E-state index in [2.05, 4.69) is 15.5 Å². The first-order valence-electron chi connectivity index (χ1n) is 8.51. The van der Waals surface area contributed by atoms with Gasteiger partial charge in [0.1, 0.15) is 5.01 Å². The number of hydrogen-bond donors (Lipinski definition) is 1. The Hall–Kier alpha value is -2.62. The molecule has 0 saturated heterocycles. The highest BCUT2D eigenvalue weighted by Gasteiger charge is 2.21. The molecule has 1 aromatic heterocycles. The summed E-state index contributed by atoms with van der Waals surface area (Å²) in [6, 6.07) is 17.0. The molecule has 0 bridgehead atoms. The number of rotatable bonds is 7. The highest BCUT2D eigenvalue weighted by atomic mass is 32.2. The fourth-order valence-corrected chi connectivity index (χ4v) is 3.98. The highest BCUT2D eigenvalue weighted by molar-refractivity contribution is 7.88. The minimum absolute atomic E-state index is 0.123. The molecule has 1 heterocycles. The van der Waals surface area contributed by atoms with Gasteiger partial charge in [-0.3, -0.25) is 10.1 Å². The van der Waals surface area contributed by atoms with Crippen LogP contribution in [0.4, 0.5) is 5.13 Å². The van der Waals surface area contributed by atoms with Gasteiger partial charge in [-0.05, 0) is 12.5 Å². The lowest BCUT2D eigenvalue weighted by Gasteiger charge is -2.19. The van der Waals surface area contributed by atoms with E-state index in [9.17, 15) is 13.2 Å². The average Bonchev–Trinajstić information content (AvgIpc) is 3.11. The Morgan fingerprint density at radius 3 is 2.39 bits per heavy atom. The monoisotopic (exact) mass is 416 g/mol. The Kier molecular flexibility index (Phi) is 6.18. The minimum atomic E-state index is -3.56. The van der Waals surface area contributed by atoms with Crippen LogP contribution >= 0.6 is 11.3 Å². The van der Waals surface area contributed by atoms with Crippen LogP contribution in [-0.2, 0) is 21.4 Å². The quantitative estimate of drug-likeness (QED) is 0.639. The van der Waals surface area contributed by atoms with Crippen molar-refractivity contribution in [2.24, 2.45) is 0 Å². The molecular formula is C19H20N4O3S2. The summed E-state index contributed by atoms with van der Waals surface area (Å²) in [7, 11) is -3.56. The van der Waals surface area contributed by atoms with Crippen LogP contribution in [0.2, 0.25) is 0 Å². The van der Waals surface area contributed by atoms with E-state index in [1.165, 1.54) is 11.3 Å². The molecule has 0 aliphatic heterocycles. The third kappa shape index (κ3) is 5.44. The maximum atomic E-state index is 12.4. The second kappa shape index (κ2) is 8.59. The van der Waals surface area contributed by atoms with Crippen LogP contribution in [0.3, 0.4) is 0 Å². The molecular weight excluding hydrogens is 396 g/mol. The number of sulfonamides is 1. The molecule has 1 amide bonds. The van der Waals surface area contributed by atoms with Crippen LogP contribution in [0.1, 0.15) is 11.1 Å². The molecule has 0 aliphatic rings. The van der Waals surface area contributed by atoms with Gasteiger partial charge in [0.05, 0.1) is 12.8 Å². The van der Waals surface area contributed by atoms with Crippen molar-refractivity contribution in [3.8, 4) is 10.6 Å². The zero-order valence-corrected chi connectivity index (χ0v) is 17.1. The number of anilines is 1. The molecule has 0 unspecified atom stereocenters. The normalized spacial score (nSPS) is 11.5. The molecule has 0 atom stereocenters. The average molecular weight is 417 g/mol. The maximum Gasteiger partial charge on any atom is 0.241 e. The third-order valence-electron chi connectivity index (χ3n) is 3.96. The van der Waals surface area contributed by atoms with E-state index in [1.54, 1.807) is 0 Å². The molecule has 3 rings (SSSR count). The molecule has 1 N–H and O–H groups in total. The Morgan fingerprint density at radius 2 is 1.75 bits per heavy atom. The number of nitrogens with one attached hydrogen (secondary N) is 1. The lowest BCUT2D eigenvalue weighted by Crippen LogP contribution is -2.36. The number of benzene rings is 2. The minimum Gasteiger partial charge on any atom is -0.299 e. The van der Waals surface area contributed by atoms with Crippen LogP contribution in [0.5, 0.6) is 0 Å². The van der Waals surface area contributed by atoms with E-state index in [0.29, 0.717) is 10.1 Å². The van der Waals surface area contributed by atoms with Crippen LogP contribution < -0.4 is 5.32 Å². The molecule has 146 valence electrons. The van der Waals surface area contributed by atoms with Gasteiger partial charge in [0, 0.05) is 12.1 Å². The highest BCUT2D eigenvalue weighted by Crippen LogP contribution is 2.25. The zero-order chi connectivity index (χ0) is 20.1. The standard InChI is InChI=1S/C19H20N4O3S2/c1-14-8-10-15(11-9-14)12-23(28(2,25)26)13-17(24)20-19-22-21-18(27-19)16-6-4-3-5-7-16/h3-11H,12-13H2,1-2H3,(H,20,22,24). The predicted octanol–water partition coefficient (Wildman–Crippen LogP) is 2.91. The van der Waals surface area contributed by atoms with Crippen LogP contribution in [0.15, 0.2) is 54.6 Å². The van der Waals surface area contributed by atoms with Crippen molar-refractivity contribution in [1.29, 1.82) is 0 Å². The van der Waals surface area contributed by atoms with Gasteiger partial charge in [0.15, 0.2) is 0 Å². The van der Waals surface area contributed by atoms with E-state index in [0.717, 1.165) is 27.3 Å². The Balaban J connectivity index is 1.67. The molecule has 0 spiro atoms. The van der Waals surface area contributed by atoms with Gasteiger partial charge in [-0.25, -0.2) is 8.42 Å². The maximum absolute atomic E-state index is 12.4. The smallest absolute Gasteiger partial charge is 0.241 e. The van der Waals surface area contributed by atoms with E-state index >= 15 is 0 Å². The van der Waals surface area contributed by atoms with E-state index in [1.807, 2.05) is 61.5 Å². The molecule has 9 heteroatoms.